The number of ether oxygens (including phenoxy) is 1. The highest BCUT2D eigenvalue weighted by molar-refractivity contribution is 6.06. The zero-order valence-corrected chi connectivity index (χ0v) is 14.1. The Morgan fingerprint density at radius 2 is 1.96 bits per heavy atom. The van der Waals surface area contributed by atoms with E-state index in [1.54, 1.807) is 0 Å². The fourth-order valence-electron chi connectivity index (χ4n) is 4.25. The van der Waals surface area contributed by atoms with Gasteiger partial charge in [0.15, 0.2) is 0 Å². The van der Waals surface area contributed by atoms with E-state index in [2.05, 4.69) is 4.98 Å². The van der Waals surface area contributed by atoms with Crippen molar-refractivity contribution in [2.75, 3.05) is 19.7 Å². The molecule has 2 aromatic rings. The van der Waals surface area contributed by atoms with Gasteiger partial charge in [-0.3, -0.25) is 9.59 Å². The number of aromatic amines is 1. The zero-order chi connectivity index (χ0) is 17.4. The van der Waals surface area contributed by atoms with Gasteiger partial charge in [-0.1, -0.05) is 6.07 Å². The smallest absolute Gasteiger partial charge is 0.254 e. The van der Waals surface area contributed by atoms with Crippen molar-refractivity contribution in [2.24, 2.45) is 17.6 Å². The van der Waals surface area contributed by atoms with E-state index in [4.69, 9.17) is 10.5 Å². The van der Waals surface area contributed by atoms with Crippen molar-refractivity contribution in [3.8, 4) is 0 Å². The van der Waals surface area contributed by atoms with E-state index in [0.29, 0.717) is 32.0 Å². The summed E-state index contributed by atoms with van der Waals surface area (Å²) >= 11 is 0. The molecule has 0 bridgehead atoms. The summed E-state index contributed by atoms with van der Waals surface area (Å²) in [6, 6.07) is 7.70. The van der Waals surface area contributed by atoms with Crippen LogP contribution in [0.2, 0.25) is 0 Å². The molecular formula is C19H23N3O3. The molecule has 2 aliphatic heterocycles. The number of benzene rings is 1. The van der Waals surface area contributed by atoms with Gasteiger partial charge in [-0.25, -0.2) is 0 Å². The van der Waals surface area contributed by atoms with Crippen LogP contribution in [0.1, 0.15) is 29.6 Å². The van der Waals surface area contributed by atoms with E-state index in [9.17, 15) is 9.59 Å². The largest absolute Gasteiger partial charge is 0.377 e. The third-order valence-corrected chi connectivity index (χ3v) is 5.62. The van der Waals surface area contributed by atoms with E-state index in [-0.39, 0.29) is 23.8 Å². The Kier molecular flexibility index (Phi) is 4.21. The molecule has 4 rings (SSSR count). The molecule has 2 fully saturated rings. The summed E-state index contributed by atoms with van der Waals surface area (Å²) < 4.78 is 5.79. The molecule has 2 saturated heterocycles. The first kappa shape index (κ1) is 16.1. The number of nitrogens with one attached hydrogen (secondary N) is 1. The van der Waals surface area contributed by atoms with Gasteiger partial charge in [0.25, 0.3) is 5.91 Å². The maximum atomic E-state index is 12.9. The van der Waals surface area contributed by atoms with Crippen LogP contribution in [0.15, 0.2) is 30.5 Å². The van der Waals surface area contributed by atoms with Crippen LogP contribution in [0.25, 0.3) is 10.9 Å². The Morgan fingerprint density at radius 3 is 2.72 bits per heavy atom. The lowest BCUT2D eigenvalue weighted by molar-refractivity contribution is -0.124. The summed E-state index contributed by atoms with van der Waals surface area (Å²) in [6.07, 6.45) is 4.19. The number of aromatic nitrogens is 1. The SMILES string of the molecule is NC(=O)[C@H]1CCO[C@@H]1C1CCN(C(=O)c2cccc3[nH]ccc23)CC1. The van der Waals surface area contributed by atoms with Crippen molar-refractivity contribution >= 4 is 22.7 Å². The van der Waals surface area contributed by atoms with Crippen molar-refractivity contribution in [1.29, 1.82) is 0 Å². The molecule has 0 aliphatic carbocycles. The molecule has 6 heteroatoms. The molecule has 3 heterocycles. The fraction of sp³-hybridized carbons (Fsp3) is 0.474. The average molecular weight is 341 g/mol. The highest BCUT2D eigenvalue weighted by Gasteiger charge is 2.40. The van der Waals surface area contributed by atoms with Crippen LogP contribution in [0.3, 0.4) is 0 Å². The predicted octanol–water partition coefficient (Wildman–Crippen LogP) is 1.91. The molecule has 25 heavy (non-hydrogen) atoms. The summed E-state index contributed by atoms with van der Waals surface area (Å²) in [5.41, 5.74) is 7.22. The maximum Gasteiger partial charge on any atom is 0.254 e. The number of amides is 2. The van der Waals surface area contributed by atoms with E-state index in [0.717, 1.165) is 29.3 Å². The normalized spacial score (nSPS) is 24.7. The molecule has 132 valence electrons. The number of nitrogens with zero attached hydrogens (tertiary/aromatic N) is 1. The molecule has 3 N–H and O–H groups in total. The highest BCUT2D eigenvalue weighted by atomic mass is 16.5. The van der Waals surface area contributed by atoms with Crippen molar-refractivity contribution < 1.29 is 14.3 Å². The van der Waals surface area contributed by atoms with Crippen LogP contribution in [0.5, 0.6) is 0 Å². The number of primary amides is 1. The first-order valence-electron chi connectivity index (χ1n) is 8.91. The number of carbonyl (C=O) groups is 2. The number of nitrogens with two attached hydrogens (primary N) is 1. The molecule has 6 nitrogen and oxygen atoms in total. The monoisotopic (exact) mass is 341 g/mol. The molecular weight excluding hydrogens is 318 g/mol. The van der Waals surface area contributed by atoms with Crippen molar-refractivity contribution in [2.45, 2.75) is 25.4 Å². The van der Waals surface area contributed by atoms with E-state index in [1.807, 2.05) is 35.4 Å². The summed E-state index contributed by atoms with van der Waals surface area (Å²) in [5, 5.41) is 0.961. The van der Waals surface area contributed by atoms with Crippen molar-refractivity contribution in [3.63, 3.8) is 0 Å². The second kappa shape index (κ2) is 6.52. The topological polar surface area (TPSA) is 88.4 Å². The lowest BCUT2D eigenvalue weighted by Crippen LogP contribution is -2.44. The summed E-state index contributed by atoms with van der Waals surface area (Å²) in [4.78, 5) is 29.6. The molecule has 1 aromatic heterocycles. The van der Waals surface area contributed by atoms with Gasteiger partial charge in [0.1, 0.15) is 0 Å². The minimum absolute atomic E-state index is 0.0717. The number of likely N-dealkylation sites (tertiary alicyclic amines) is 1. The molecule has 2 amide bonds. The van der Waals surface area contributed by atoms with Gasteiger partial charge in [-0.05, 0) is 43.4 Å². The Balaban J connectivity index is 1.44. The summed E-state index contributed by atoms with van der Waals surface area (Å²) in [7, 11) is 0. The predicted molar refractivity (Wildman–Crippen MR) is 94.0 cm³/mol. The van der Waals surface area contributed by atoms with Gasteiger partial charge in [-0.2, -0.15) is 0 Å². The number of fused-ring (bicyclic) bond motifs is 1. The quantitative estimate of drug-likeness (QED) is 0.894. The van der Waals surface area contributed by atoms with Gasteiger partial charge in [0.05, 0.1) is 12.0 Å². The Morgan fingerprint density at radius 1 is 1.16 bits per heavy atom. The Hall–Kier alpha value is -2.34. The Bertz CT molecular complexity index is 792. The third kappa shape index (κ3) is 2.91. The number of piperidine rings is 1. The number of carbonyl (C=O) groups excluding carboxylic acids is 2. The van der Waals surface area contributed by atoms with E-state index in [1.165, 1.54) is 0 Å². The number of hydrogen-bond acceptors (Lipinski definition) is 3. The minimum Gasteiger partial charge on any atom is -0.377 e. The molecule has 2 aliphatic rings. The minimum atomic E-state index is -0.264. The molecule has 2 atom stereocenters. The van der Waals surface area contributed by atoms with Gasteiger partial charge in [0, 0.05) is 42.4 Å². The summed E-state index contributed by atoms with van der Waals surface area (Å²) in [5.74, 6) is -0.0736. The van der Waals surface area contributed by atoms with Crippen LogP contribution >= 0.6 is 0 Å². The van der Waals surface area contributed by atoms with Crippen molar-refractivity contribution in [3.05, 3.63) is 36.0 Å². The number of H-pyrrole nitrogens is 1. The second-order valence-electron chi connectivity index (χ2n) is 7.01. The van der Waals surface area contributed by atoms with Gasteiger partial charge >= 0.3 is 0 Å². The van der Waals surface area contributed by atoms with Crippen molar-refractivity contribution in [1.82, 2.24) is 9.88 Å². The van der Waals surface area contributed by atoms with Crippen LogP contribution in [0.4, 0.5) is 0 Å². The summed E-state index contributed by atoms with van der Waals surface area (Å²) in [6.45, 7) is 1.98. The number of hydrogen-bond donors (Lipinski definition) is 2. The number of rotatable bonds is 3. The first-order valence-corrected chi connectivity index (χ1v) is 8.91. The first-order chi connectivity index (χ1) is 12.1. The van der Waals surface area contributed by atoms with E-state index >= 15 is 0 Å². The fourth-order valence-corrected chi connectivity index (χ4v) is 4.25. The second-order valence-corrected chi connectivity index (χ2v) is 7.01. The van der Waals surface area contributed by atoms with Crippen LogP contribution in [-0.2, 0) is 9.53 Å². The third-order valence-electron chi connectivity index (χ3n) is 5.62. The molecule has 0 saturated carbocycles. The van der Waals surface area contributed by atoms with Gasteiger partial charge < -0.3 is 20.4 Å². The molecule has 0 unspecified atom stereocenters. The molecule has 0 spiro atoms. The van der Waals surface area contributed by atoms with Crippen LogP contribution < -0.4 is 5.73 Å². The van der Waals surface area contributed by atoms with E-state index < -0.39 is 0 Å². The van der Waals surface area contributed by atoms with Gasteiger partial charge in [-0.15, -0.1) is 0 Å². The standard InChI is InChI=1S/C19H23N3O3/c20-18(23)15-7-11-25-17(15)12-5-9-22(10-6-12)19(24)14-2-1-3-16-13(14)4-8-21-16/h1-4,8,12,15,17,21H,5-7,9-11H2,(H2,20,23)/t15-,17+/m0/s1. The lowest BCUT2D eigenvalue weighted by Gasteiger charge is -2.35. The van der Waals surface area contributed by atoms with Crippen LogP contribution in [-0.4, -0.2) is 47.5 Å². The van der Waals surface area contributed by atoms with Crippen LogP contribution in [0, 0.1) is 11.8 Å². The zero-order valence-electron chi connectivity index (χ0n) is 14.1. The molecule has 0 radical (unpaired) electrons. The maximum absolute atomic E-state index is 12.9. The molecule has 1 aromatic carbocycles. The van der Waals surface area contributed by atoms with Gasteiger partial charge in [0.2, 0.25) is 5.91 Å². The highest BCUT2D eigenvalue weighted by Crippen LogP contribution is 2.33. The Labute approximate surface area is 146 Å². The average Bonchev–Trinajstić information content (AvgIpc) is 3.30. The lowest BCUT2D eigenvalue weighted by atomic mass is 9.84.